The van der Waals surface area contributed by atoms with Gasteiger partial charge in [0.2, 0.25) is 0 Å². The van der Waals surface area contributed by atoms with Crippen LogP contribution in [0.3, 0.4) is 0 Å². The molecule has 84 valence electrons. The SMILES string of the molecule is CC(O)C1Cc2ccc([N+](=O)[O-])cc2C1=O. The molecule has 1 aromatic carbocycles. The van der Waals surface area contributed by atoms with Crippen molar-refractivity contribution in [3.63, 3.8) is 0 Å². The summed E-state index contributed by atoms with van der Waals surface area (Å²) < 4.78 is 0. The molecule has 2 rings (SSSR count). The van der Waals surface area contributed by atoms with Gasteiger partial charge in [-0.1, -0.05) is 6.07 Å². The Morgan fingerprint density at radius 3 is 2.81 bits per heavy atom. The van der Waals surface area contributed by atoms with Crippen LogP contribution < -0.4 is 0 Å². The minimum Gasteiger partial charge on any atom is -0.393 e. The number of aliphatic hydroxyl groups excluding tert-OH is 1. The minimum absolute atomic E-state index is 0.0849. The third kappa shape index (κ3) is 1.59. The summed E-state index contributed by atoms with van der Waals surface area (Å²) >= 11 is 0. The van der Waals surface area contributed by atoms with Gasteiger partial charge in [0.05, 0.1) is 16.9 Å². The molecule has 0 saturated heterocycles. The Balaban J connectivity index is 2.42. The molecular formula is C11H11NO4. The number of carbonyl (C=O) groups excluding carboxylic acids is 1. The van der Waals surface area contributed by atoms with E-state index in [4.69, 9.17) is 0 Å². The lowest BCUT2D eigenvalue weighted by atomic mass is 10.00. The molecule has 1 aromatic rings. The van der Waals surface area contributed by atoms with Gasteiger partial charge < -0.3 is 5.11 Å². The molecule has 1 N–H and O–H groups in total. The van der Waals surface area contributed by atoms with Crippen molar-refractivity contribution in [2.75, 3.05) is 0 Å². The average molecular weight is 221 g/mol. The maximum atomic E-state index is 11.8. The summed E-state index contributed by atoms with van der Waals surface area (Å²) in [6.07, 6.45) is -0.261. The van der Waals surface area contributed by atoms with Gasteiger partial charge in [0.1, 0.15) is 0 Å². The number of rotatable bonds is 2. The lowest BCUT2D eigenvalue weighted by molar-refractivity contribution is -0.384. The summed E-state index contributed by atoms with van der Waals surface area (Å²) in [6.45, 7) is 1.56. The maximum Gasteiger partial charge on any atom is 0.270 e. The average Bonchev–Trinajstić information content (AvgIpc) is 2.56. The van der Waals surface area contributed by atoms with E-state index in [0.29, 0.717) is 12.0 Å². The number of hydrogen-bond acceptors (Lipinski definition) is 4. The second kappa shape index (κ2) is 3.68. The number of aliphatic hydroxyl groups is 1. The number of nitro benzene ring substituents is 1. The Bertz CT molecular complexity index is 467. The molecule has 2 unspecified atom stereocenters. The van der Waals surface area contributed by atoms with Gasteiger partial charge in [-0.2, -0.15) is 0 Å². The molecule has 0 heterocycles. The first-order valence-corrected chi connectivity index (χ1v) is 5.00. The molecule has 5 nitrogen and oxygen atoms in total. The van der Waals surface area contributed by atoms with Crippen molar-refractivity contribution in [2.24, 2.45) is 5.92 Å². The van der Waals surface area contributed by atoms with Crippen LogP contribution in [0.1, 0.15) is 22.8 Å². The first kappa shape index (κ1) is 10.8. The van der Waals surface area contributed by atoms with E-state index in [1.807, 2.05) is 0 Å². The van der Waals surface area contributed by atoms with E-state index >= 15 is 0 Å². The molecule has 0 saturated carbocycles. The van der Waals surface area contributed by atoms with E-state index in [-0.39, 0.29) is 11.5 Å². The second-order valence-electron chi connectivity index (χ2n) is 4.01. The first-order valence-electron chi connectivity index (χ1n) is 5.00. The number of non-ortho nitro benzene ring substituents is 1. The maximum absolute atomic E-state index is 11.8. The smallest absolute Gasteiger partial charge is 0.270 e. The molecule has 16 heavy (non-hydrogen) atoms. The molecule has 0 spiro atoms. The number of Topliss-reactive ketones (excluding diaryl/α,β-unsaturated/α-hetero) is 1. The van der Waals surface area contributed by atoms with Crippen molar-refractivity contribution >= 4 is 11.5 Å². The summed E-state index contributed by atoms with van der Waals surface area (Å²) in [7, 11) is 0. The van der Waals surface area contributed by atoms with Gasteiger partial charge in [-0.3, -0.25) is 14.9 Å². The predicted octanol–water partition coefficient (Wildman–Crippen LogP) is 1.33. The molecule has 1 aliphatic rings. The zero-order valence-corrected chi connectivity index (χ0v) is 8.71. The Morgan fingerprint density at radius 1 is 1.56 bits per heavy atom. The van der Waals surface area contributed by atoms with Gasteiger partial charge in [0, 0.05) is 17.7 Å². The highest BCUT2D eigenvalue weighted by molar-refractivity contribution is 6.03. The van der Waals surface area contributed by atoms with Crippen LogP contribution >= 0.6 is 0 Å². The highest BCUT2D eigenvalue weighted by atomic mass is 16.6. The van der Waals surface area contributed by atoms with E-state index in [1.165, 1.54) is 12.1 Å². The van der Waals surface area contributed by atoms with E-state index in [2.05, 4.69) is 0 Å². The standard InChI is InChI=1S/C11H11NO4/c1-6(13)9-4-7-2-3-8(12(15)16)5-10(7)11(9)14/h2-3,5-6,9,13H,4H2,1H3. The van der Waals surface area contributed by atoms with Crippen LogP contribution in [0.15, 0.2) is 18.2 Å². The monoisotopic (exact) mass is 221 g/mol. The topological polar surface area (TPSA) is 80.4 Å². The van der Waals surface area contributed by atoms with Crippen molar-refractivity contribution in [1.82, 2.24) is 0 Å². The predicted molar refractivity (Wildman–Crippen MR) is 56.3 cm³/mol. The number of nitro groups is 1. The fourth-order valence-corrected chi connectivity index (χ4v) is 2.00. The highest BCUT2D eigenvalue weighted by Gasteiger charge is 2.34. The number of ketones is 1. The molecule has 0 bridgehead atoms. The van der Waals surface area contributed by atoms with Gasteiger partial charge in [0.15, 0.2) is 5.78 Å². The quantitative estimate of drug-likeness (QED) is 0.603. The van der Waals surface area contributed by atoms with Crippen LogP contribution in [0.5, 0.6) is 0 Å². The van der Waals surface area contributed by atoms with Crippen molar-refractivity contribution < 1.29 is 14.8 Å². The fourth-order valence-electron chi connectivity index (χ4n) is 2.00. The van der Waals surface area contributed by atoms with Crippen LogP contribution in [0.2, 0.25) is 0 Å². The molecule has 0 aromatic heterocycles. The Labute approximate surface area is 91.9 Å². The number of hydrogen-bond donors (Lipinski definition) is 1. The van der Waals surface area contributed by atoms with E-state index < -0.39 is 16.9 Å². The van der Waals surface area contributed by atoms with E-state index in [1.54, 1.807) is 13.0 Å². The van der Waals surface area contributed by atoms with Crippen molar-refractivity contribution in [1.29, 1.82) is 0 Å². The van der Waals surface area contributed by atoms with Gasteiger partial charge in [0.25, 0.3) is 5.69 Å². The van der Waals surface area contributed by atoms with Gasteiger partial charge >= 0.3 is 0 Å². The number of benzene rings is 1. The highest BCUT2D eigenvalue weighted by Crippen LogP contribution is 2.31. The van der Waals surface area contributed by atoms with Crippen LogP contribution in [-0.2, 0) is 6.42 Å². The van der Waals surface area contributed by atoms with Crippen LogP contribution in [-0.4, -0.2) is 21.9 Å². The third-order valence-electron chi connectivity index (χ3n) is 2.93. The minimum atomic E-state index is -0.723. The van der Waals surface area contributed by atoms with Gasteiger partial charge in [-0.25, -0.2) is 0 Å². The lowest BCUT2D eigenvalue weighted by Gasteiger charge is -2.09. The van der Waals surface area contributed by atoms with Gasteiger partial charge in [-0.15, -0.1) is 0 Å². The summed E-state index contributed by atoms with van der Waals surface area (Å²) in [5.74, 6) is -0.661. The normalized spacial score (nSPS) is 20.6. The number of carbonyl (C=O) groups is 1. The summed E-state index contributed by atoms with van der Waals surface area (Å²) in [6, 6.07) is 4.27. The Hall–Kier alpha value is -1.75. The number of nitrogens with zero attached hydrogens (tertiary/aromatic N) is 1. The third-order valence-corrected chi connectivity index (χ3v) is 2.93. The molecule has 0 radical (unpaired) electrons. The van der Waals surface area contributed by atoms with Crippen LogP contribution in [0.25, 0.3) is 0 Å². The molecule has 5 heteroatoms. The van der Waals surface area contributed by atoms with Crippen LogP contribution in [0, 0.1) is 16.0 Å². The molecule has 0 aliphatic heterocycles. The van der Waals surface area contributed by atoms with Crippen LogP contribution in [0.4, 0.5) is 5.69 Å². The number of fused-ring (bicyclic) bond motifs is 1. The zero-order valence-electron chi connectivity index (χ0n) is 8.71. The Kier molecular flexibility index (Phi) is 2.47. The summed E-state index contributed by atoms with van der Waals surface area (Å²) in [5, 5.41) is 20.0. The molecule has 2 atom stereocenters. The second-order valence-corrected chi connectivity index (χ2v) is 4.01. The zero-order chi connectivity index (χ0) is 11.9. The van der Waals surface area contributed by atoms with Gasteiger partial charge in [-0.05, 0) is 18.9 Å². The largest absolute Gasteiger partial charge is 0.393 e. The van der Waals surface area contributed by atoms with E-state index in [9.17, 15) is 20.0 Å². The Morgan fingerprint density at radius 2 is 2.25 bits per heavy atom. The molecule has 0 fully saturated rings. The van der Waals surface area contributed by atoms with Crippen molar-refractivity contribution in [2.45, 2.75) is 19.4 Å². The first-order chi connectivity index (χ1) is 7.50. The van der Waals surface area contributed by atoms with E-state index in [0.717, 1.165) is 5.56 Å². The molecular weight excluding hydrogens is 210 g/mol. The molecule has 1 aliphatic carbocycles. The van der Waals surface area contributed by atoms with Crippen molar-refractivity contribution in [3.8, 4) is 0 Å². The summed E-state index contributed by atoms with van der Waals surface area (Å²) in [5.41, 5.74) is 1.07. The fraction of sp³-hybridized carbons (Fsp3) is 0.364. The lowest BCUT2D eigenvalue weighted by Crippen LogP contribution is -2.22. The van der Waals surface area contributed by atoms with Crippen molar-refractivity contribution in [3.05, 3.63) is 39.4 Å². The molecule has 0 amide bonds. The summed E-state index contributed by atoms with van der Waals surface area (Å²) in [4.78, 5) is 21.9.